The Morgan fingerprint density at radius 3 is 2.57 bits per heavy atom. The largest absolute Gasteiger partial charge is 0.348 e. The number of hydrogen-bond donors (Lipinski definition) is 1. The fourth-order valence-corrected chi connectivity index (χ4v) is 3.11. The average molecular weight is 296 g/mol. The molecule has 6 nitrogen and oxygen atoms in total. The Bertz CT molecular complexity index is 386. The quantitative estimate of drug-likeness (QED) is 0.770. The smallest absolute Gasteiger partial charge is 0.236 e. The maximum absolute atomic E-state index is 12.6. The van der Waals surface area contributed by atoms with Gasteiger partial charge in [-0.3, -0.25) is 14.5 Å². The molecule has 0 radical (unpaired) electrons. The lowest BCUT2D eigenvalue weighted by molar-refractivity contribution is -0.135. The molecule has 0 aromatic heterocycles. The van der Waals surface area contributed by atoms with Gasteiger partial charge in [0.1, 0.15) is 0 Å². The number of likely N-dealkylation sites (N-methyl/N-ethyl adjacent to an activating group) is 1. The Morgan fingerprint density at radius 2 is 1.95 bits per heavy atom. The lowest BCUT2D eigenvalue weighted by Gasteiger charge is -2.26. The molecular formula is C15H28N4O2. The summed E-state index contributed by atoms with van der Waals surface area (Å²) in [6, 6.07) is 0.284. The van der Waals surface area contributed by atoms with Gasteiger partial charge in [-0.15, -0.1) is 0 Å². The van der Waals surface area contributed by atoms with E-state index in [1.165, 1.54) is 0 Å². The van der Waals surface area contributed by atoms with Crippen LogP contribution in [0.2, 0.25) is 0 Å². The van der Waals surface area contributed by atoms with Crippen LogP contribution in [0.3, 0.4) is 0 Å². The molecule has 0 aromatic carbocycles. The number of hydrogen-bond acceptors (Lipinski definition) is 4. The zero-order chi connectivity index (χ0) is 15.4. The standard InChI is InChI=1S/C15H28N4O2/c1-12-13(5-6-16-12)15(21)19-8-4-7-18(9-10-19)11-14(20)17(2)3/h12-13,16H,4-11H2,1-3H3. The van der Waals surface area contributed by atoms with E-state index in [4.69, 9.17) is 0 Å². The second-order valence-corrected chi connectivity index (χ2v) is 6.38. The molecule has 1 N–H and O–H groups in total. The van der Waals surface area contributed by atoms with Gasteiger partial charge in [-0.1, -0.05) is 0 Å². The number of amides is 2. The Kier molecular flexibility index (Phi) is 5.58. The van der Waals surface area contributed by atoms with E-state index < -0.39 is 0 Å². The molecule has 0 saturated carbocycles. The summed E-state index contributed by atoms with van der Waals surface area (Å²) in [5.41, 5.74) is 0. The van der Waals surface area contributed by atoms with Gasteiger partial charge in [0.05, 0.1) is 12.5 Å². The molecule has 2 aliphatic heterocycles. The first kappa shape index (κ1) is 16.2. The molecule has 120 valence electrons. The van der Waals surface area contributed by atoms with Crippen LogP contribution in [0.25, 0.3) is 0 Å². The molecular weight excluding hydrogens is 268 g/mol. The highest BCUT2D eigenvalue weighted by atomic mass is 16.2. The molecule has 2 saturated heterocycles. The first-order chi connectivity index (χ1) is 9.99. The minimum Gasteiger partial charge on any atom is -0.348 e. The maximum Gasteiger partial charge on any atom is 0.236 e. The van der Waals surface area contributed by atoms with Crippen LogP contribution in [-0.4, -0.2) is 85.9 Å². The maximum atomic E-state index is 12.6. The van der Waals surface area contributed by atoms with Crippen molar-refractivity contribution in [1.82, 2.24) is 20.0 Å². The van der Waals surface area contributed by atoms with E-state index in [1.54, 1.807) is 19.0 Å². The molecule has 2 heterocycles. The molecule has 6 heteroatoms. The Hall–Kier alpha value is -1.14. The van der Waals surface area contributed by atoms with Gasteiger partial charge in [-0.2, -0.15) is 0 Å². The summed E-state index contributed by atoms with van der Waals surface area (Å²) in [6.07, 6.45) is 1.89. The molecule has 2 fully saturated rings. The van der Waals surface area contributed by atoms with Crippen molar-refractivity contribution in [2.45, 2.75) is 25.8 Å². The minimum absolute atomic E-state index is 0.125. The van der Waals surface area contributed by atoms with Crippen molar-refractivity contribution in [3.8, 4) is 0 Å². The Balaban J connectivity index is 1.85. The minimum atomic E-state index is 0.125. The normalized spacial score (nSPS) is 27.5. The van der Waals surface area contributed by atoms with Crippen LogP contribution in [0.1, 0.15) is 19.8 Å². The number of rotatable bonds is 3. The molecule has 0 spiro atoms. The summed E-state index contributed by atoms with van der Waals surface area (Å²) < 4.78 is 0. The second-order valence-electron chi connectivity index (χ2n) is 6.38. The number of nitrogens with zero attached hydrogens (tertiary/aromatic N) is 3. The average Bonchev–Trinajstić information content (AvgIpc) is 2.73. The van der Waals surface area contributed by atoms with Crippen LogP contribution in [-0.2, 0) is 9.59 Å². The van der Waals surface area contributed by atoms with Gasteiger partial charge in [0.2, 0.25) is 11.8 Å². The summed E-state index contributed by atoms with van der Waals surface area (Å²) in [4.78, 5) is 30.2. The fourth-order valence-electron chi connectivity index (χ4n) is 3.11. The highest BCUT2D eigenvalue weighted by Gasteiger charge is 2.33. The molecule has 2 rings (SSSR count). The van der Waals surface area contributed by atoms with Gasteiger partial charge in [-0.25, -0.2) is 0 Å². The summed E-state index contributed by atoms with van der Waals surface area (Å²) >= 11 is 0. The molecule has 0 bridgehead atoms. The first-order valence-electron chi connectivity index (χ1n) is 7.93. The van der Waals surface area contributed by atoms with Crippen LogP contribution < -0.4 is 5.32 Å². The van der Waals surface area contributed by atoms with E-state index in [2.05, 4.69) is 17.1 Å². The molecule has 2 atom stereocenters. The summed E-state index contributed by atoms with van der Waals surface area (Å²) in [7, 11) is 3.56. The third-order valence-electron chi connectivity index (χ3n) is 4.60. The highest BCUT2D eigenvalue weighted by Crippen LogP contribution is 2.19. The van der Waals surface area contributed by atoms with Crippen molar-refractivity contribution >= 4 is 11.8 Å². The van der Waals surface area contributed by atoms with Crippen molar-refractivity contribution in [1.29, 1.82) is 0 Å². The highest BCUT2D eigenvalue weighted by molar-refractivity contribution is 5.80. The summed E-state index contributed by atoms with van der Waals surface area (Å²) in [5.74, 6) is 0.539. The van der Waals surface area contributed by atoms with Crippen LogP contribution >= 0.6 is 0 Å². The zero-order valence-corrected chi connectivity index (χ0v) is 13.5. The van der Waals surface area contributed by atoms with E-state index in [0.717, 1.165) is 45.6 Å². The monoisotopic (exact) mass is 296 g/mol. The van der Waals surface area contributed by atoms with Crippen molar-refractivity contribution in [2.24, 2.45) is 5.92 Å². The molecule has 0 aromatic rings. The van der Waals surface area contributed by atoms with E-state index in [1.807, 2.05) is 4.90 Å². The van der Waals surface area contributed by atoms with Crippen LogP contribution in [0.4, 0.5) is 0 Å². The third-order valence-corrected chi connectivity index (χ3v) is 4.60. The third kappa shape index (κ3) is 4.17. The Morgan fingerprint density at radius 1 is 1.19 bits per heavy atom. The molecule has 2 amide bonds. The molecule has 2 unspecified atom stereocenters. The zero-order valence-electron chi connectivity index (χ0n) is 13.5. The number of carbonyl (C=O) groups is 2. The molecule has 0 aliphatic carbocycles. The van der Waals surface area contributed by atoms with Crippen molar-refractivity contribution in [3.05, 3.63) is 0 Å². The lowest BCUT2D eigenvalue weighted by atomic mass is 10.0. The van der Waals surface area contributed by atoms with Crippen LogP contribution in [0, 0.1) is 5.92 Å². The van der Waals surface area contributed by atoms with Gasteiger partial charge < -0.3 is 15.1 Å². The SMILES string of the molecule is CC1NCCC1C(=O)N1CCCN(CC(=O)N(C)C)CC1. The number of nitrogens with one attached hydrogen (secondary N) is 1. The van der Waals surface area contributed by atoms with Gasteiger partial charge in [-0.05, 0) is 26.3 Å². The van der Waals surface area contributed by atoms with Gasteiger partial charge in [0, 0.05) is 46.3 Å². The van der Waals surface area contributed by atoms with E-state index in [9.17, 15) is 9.59 Å². The fraction of sp³-hybridized carbons (Fsp3) is 0.867. The van der Waals surface area contributed by atoms with Gasteiger partial charge in [0.15, 0.2) is 0 Å². The Labute approximate surface area is 127 Å². The van der Waals surface area contributed by atoms with Crippen LogP contribution in [0.15, 0.2) is 0 Å². The predicted octanol–water partition coefficient (Wildman–Crippen LogP) is -0.393. The topological polar surface area (TPSA) is 55.9 Å². The van der Waals surface area contributed by atoms with E-state index in [0.29, 0.717) is 6.54 Å². The van der Waals surface area contributed by atoms with Crippen molar-refractivity contribution in [3.63, 3.8) is 0 Å². The summed E-state index contributed by atoms with van der Waals surface area (Å²) in [5, 5.41) is 3.34. The van der Waals surface area contributed by atoms with E-state index in [-0.39, 0.29) is 23.8 Å². The lowest BCUT2D eigenvalue weighted by Crippen LogP contribution is -2.43. The molecule has 2 aliphatic rings. The van der Waals surface area contributed by atoms with Crippen molar-refractivity contribution < 1.29 is 9.59 Å². The first-order valence-corrected chi connectivity index (χ1v) is 7.93. The predicted molar refractivity (Wildman–Crippen MR) is 81.9 cm³/mol. The van der Waals surface area contributed by atoms with Gasteiger partial charge in [0.25, 0.3) is 0 Å². The van der Waals surface area contributed by atoms with Crippen LogP contribution in [0.5, 0.6) is 0 Å². The second kappa shape index (κ2) is 7.22. The van der Waals surface area contributed by atoms with Gasteiger partial charge >= 0.3 is 0 Å². The number of carbonyl (C=O) groups excluding carboxylic acids is 2. The summed E-state index contributed by atoms with van der Waals surface area (Å²) in [6.45, 7) is 6.72. The van der Waals surface area contributed by atoms with Crippen molar-refractivity contribution in [2.75, 3.05) is 53.4 Å². The molecule has 21 heavy (non-hydrogen) atoms. The van der Waals surface area contributed by atoms with E-state index >= 15 is 0 Å².